The molecule has 0 amide bonds. The van der Waals surface area contributed by atoms with Crippen molar-refractivity contribution in [2.75, 3.05) is 26.3 Å². The third kappa shape index (κ3) is 3.97. The first kappa shape index (κ1) is 9.86. The van der Waals surface area contributed by atoms with E-state index in [1.165, 1.54) is 0 Å². The molecular weight excluding hydrogens is 164 g/mol. The van der Waals surface area contributed by atoms with E-state index in [9.17, 15) is 8.78 Å². The van der Waals surface area contributed by atoms with Crippen LogP contribution in [0, 0.1) is 5.92 Å². The molecule has 0 aromatic rings. The highest BCUT2D eigenvalue weighted by Gasteiger charge is 2.13. The molecule has 1 rings (SSSR count). The third-order valence-corrected chi connectivity index (χ3v) is 2.00. The number of ether oxygens (including phenoxy) is 1. The van der Waals surface area contributed by atoms with Crippen molar-refractivity contribution in [1.29, 1.82) is 0 Å². The monoisotopic (exact) mass is 179 g/mol. The van der Waals surface area contributed by atoms with E-state index in [0.717, 1.165) is 25.9 Å². The summed E-state index contributed by atoms with van der Waals surface area (Å²) in [5, 5.41) is 3.21. The molecule has 1 unspecified atom stereocenters. The molecule has 72 valence electrons. The maximum absolute atomic E-state index is 11.6. The first-order chi connectivity index (χ1) is 5.79. The molecule has 0 spiro atoms. The Labute approximate surface area is 71.3 Å². The fourth-order valence-electron chi connectivity index (χ4n) is 1.39. The van der Waals surface area contributed by atoms with E-state index < -0.39 is 13.0 Å². The predicted molar refractivity (Wildman–Crippen MR) is 42.4 cm³/mol. The molecule has 1 heterocycles. The summed E-state index contributed by atoms with van der Waals surface area (Å²) in [6, 6.07) is 0. The molecule has 4 heteroatoms. The first-order valence-electron chi connectivity index (χ1n) is 4.35. The van der Waals surface area contributed by atoms with Crippen molar-refractivity contribution in [3.63, 3.8) is 0 Å². The Hall–Kier alpha value is -0.220. The number of alkyl halides is 2. The normalized spacial score (nSPS) is 24.8. The second-order valence-electron chi connectivity index (χ2n) is 3.14. The molecule has 1 saturated heterocycles. The number of hydrogen-bond acceptors (Lipinski definition) is 2. The fraction of sp³-hybridized carbons (Fsp3) is 1.00. The average Bonchev–Trinajstić information content (AvgIpc) is 2.05. The Bertz CT molecular complexity index is 116. The van der Waals surface area contributed by atoms with Crippen molar-refractivity contribution < 1.29 is 13.5 Å². The van der Waals surface area contributed by atoms with E-state index in [1.807, 2.05) is 0 Å². The van der Waals surface area contributed by atoms with Crippen LogP contribution >= 0.6 is 0 Å². The summed E-state index contributed by atoms with van der Waals surface area (Å²) in [5.41, 5.74) is 0. The molecule has 0 aromatic heterocycles. The summed E-state index contributed by atoms with van der Waals surface area (Å²) >= 11 is 0. The minimum atomic E-state index is -2.33. The van der Waals surface area contributed by atoms with Crippen LogP contribution in [0.5, 0.6) is 0 Å². The Morgan fingerprint density at radius 3 is 2.92 bits per heavy atom. The van der Waals surface area contributed by atoms with Gasteiger partial charge in [0.1, 0.15) is 6.61 Å². The van der Waals surface area contributed by atoms with E-state index >= 15 is 0 Å². The van der Waals surface area contributed by atoms with E-state index in [1.54, 1.807) is 0 Å². The van der Waals surface area contributed by atoms with Crippen LogP contribution < -0.4 is 5.32 Å². The Morgan fingerprint density at radius 1 is 1.50 bits per heavy atom. The van der Waals surface area contributed by atoms with Gasteiger partial charge in [0, 0.05) is 6.54 Å². The van der Waals surface area contributed by atoms with Crippen LogP contribution in [-0.4, -0.2) is 32.7 Å². The quantitative estimate of drug-likeness (QED) is 0.701. The number of rotatable bonds is 4. The lowest BCUT2D eigenvalue weighted by Crippen LogP contribution is -2.32. The zero-order chi connectivity index (χ0) is 8.81. The topological polar surface area (TPSA) is 21.3 Å². The van der Waals surface area contributed by atoms with Crippen molar-refractivity contribution in [1.82, 2.24) is 5.32 Å². The van der Waals surface area contributed by atoms with Gasteiger partial charge in [-0.1, -0.05) is 0 Å². The molecule has 1 aliphatic heterocycles. The molecule has 1 fully saturated rings. The molecule has 1 atom stereocenters. The number of hydrogen-bond donors (Lipinski definition) is 1. The van der Waals surface area contributed by atoms with Crippen molar-refractivity contribution in [2.45, 2.75) is 19.3 Å². The van der Waals surface area contributed by atoms with Crippen LogP contribution in [0.1, 0.15) is 12.8 Å². The SMILES string of the molecule is FC(F)COCC1CCCNC1. The number of piperidine rings is 1. The molecule has 1 N–H and O–H groups in total. The van der Waals surface area contributed by atoms with Crippen LogP contribution in [0.15, 0.2) is 0 Å². The molecule has 0 aliphatic carbocycles. The van der Waals surface area contributed by atoms with Crippen molar-refractivity contribution >= 4 is 0 Å². The second-order valence-corrected chi connectivity index (χ2v) is 3.14. The lowest BCUT2D eigenvalue weighted by atomic mass is 10.0. The zero-order valence-corrected chi connectivity index (χ0v) is 7.06. The van der Waals surface area contributed by atoms with Gasteiger partial charge in [-0.2, -0.15) is 0 Å². The van der Waals surface area contributed by atoms with Crippen LogP contribution in [-0.2, 0) is 4.74 Å². The van der Waals surface area contributed by atoms with Gasteiger partial charge in [-0.25, -0.2) is 8.78 Å². The minimum Gasteiger partial charge on any atom is -0.375 e. The summed E-state index contributed by atoms with van der Waals surface area (Å²) < 4.78 is 28.1. The largest absolute Gasteiger partial charge is 0.375 e. The number of nitrogens with one attached hydrogen (secondary N) is 1. The van der Waals surface area contributed by atoms with Crippen LogP contribution in [0.2, 0.25) is 0 Å². The van der Waals surface area contributed by atoms with Gasteiger partial charge in [0.15, 0.2) is 0 Å². The van der Waals surface area contributed by atoms with E-state index in [2.05, 4.69) is 5.32 Å². The van der Waals surface area contributed by atoms with Gasteiger partial charge in [0.05, 0.1) is 6.61 Å². The lowest BCUT2D eigenvalue weighted by Gasteiger charge is -2.22. The minimum absolute atomic E-state index is 0.420. The van der Waals surface area contributed by atoms with Crippen molar-refractivity contribution in [3.05, 3.63) is 0 Å². The fourth-order valence-corrected chi connectivity index (χ4v) is 1.39. The van der Waals surface area contributed by atoms with Gasteiger partial charge in [0.2, 0.25) is 0 Å². The average molecular weight is 179 g/mol. The van der Waals surface area contributed by atoms with E-state index in [0.29, 0.717) is 12.5 Å². The van der Waals surface area contributed by atoms with Gasteiger partial charge in [0.25, 0.3) is 6.43 Å². The number of halogens is 2. The summed E-state index contributed by atoms with van der Waals surface area (Å²) in [6.07, 6.45) is -0.111. The van der Waals surface area contributed by atoms with E-state index in [-0.39, 0.29) is 0 Å². The first-order valence-corrected chi connectivity index (χ1v) is 4.35. The van der Waals surface area contributed by atoms with Gasteiger partial charge >= 0.3 is 0 Å². The zero-order valence-electron chi connectivity index (χ0n) is 7.06. The lowest BCUT2D eigenvalue weighted by molar-refractivity contribution is 0.00109. The summed E-state index contributed by atoms with van der Waals surface area (Å²) in [7, 11) is 0. The summed E-state index contributed by atoms with van der Waals surface area (Å²) in [4.78, 5) is 0. The highest BCUT2D eigenvalue weighted by molar-refractivity contribution is 4.68. The third-order valence-electron chi connectivity index (χ3n) is 2.00. The summed E-state index contributed by atoms with van der Waals surface area (Å²) in [5.74, 6) is 0.428. The molecular formula is C8H15F2NO. The van der Waals surface area contributed by atoms with Crippen LogP contribution in [0.25, 0.3) is 0 Å². The summed E-state index contributed by atoms with van der Waals surface area (Å²) in [6.45, 7) is 2.00. The van der Waals surface area contributed by atoms with Gasteiger partial charge in [-0.15, -0.1) is 0 Å². The van der Waals surface area contributed by atoms with Gasteiger partial charge in [-0.3, -0.25) is 0 Å². The van der Waals surface area contributed by atoms with Crippen molar-refractivity contribution in [3.8, 4) is 0 Å². The maximum Gasteiger partial charge on any atom is 0.261 e. The smallest absolute Gasteiger partial charge is 0.261 e. The molecule has 0 radical (unpaired) electrons. The Morgan fingerprint density at radius 2 is 2.33 bits per heavy atom. The van der Waals surface area contributed by atoms with Crippen LogP contribution in [0.3, 0.4) is 0 Å². The van der Waals surface area contributed by atoms with Gasteiger partial charge < -0.3 is 10.1 Å². The molecule has 0 aromatic carbocycles. The molecule has 0 saturated carbocycles. The van der Waals surface area contributed by atoms with Crippen LogP contribution in [0.4, 0.5) is 8.78 Å². The molecule has 1 aliphatic rings. The van der Waals surface area contributed by atoms with Gasteiger partial charge in [-0.05, 0) is 25.3 Å². The second kappa shape index (κ2) is 5.43. The molecule has 2 nitrogen and oxygen atoms in total. The van der Waals surface area contributed by atoms with E-state index in [4.69, 9.17) is 4.74 Å². The standard InChI is InChI=1S/C8H15F2NO/c9-8(10)6-12-5-7-2-1-3-11-4-7/h7-8,11H,1-6H2. The predicted octanol–water partition coefficient (Wildman–Crippen LogP) is 1.27. The molecule has 0 bridgehead atoms. The highest BCUT2D eigenvalue weighted by Crippen LogP contribution is 2.10. The highest BCUT2D eigenvalue weighted by atomic mass is 19.3. The Balaban J connectivity index is 1.98. The Kier molecular flexibility index (Phi) is 4.46. The molecule has 12 heavy (non-hydrogen) atoms. The maximum atomic E-state index is 11.6. The van der Waals surface area contributed by atoms with Crippen molar-refractivity contribution in [2.24, 2.45) is 5.92 Å².